The summed E-state index contributed by atoms with van der Waals surface area (Å²) in [5.74, 6) is 0.759. The van der Waals surface area contributed by atoms with Gasteiger partial charge in [-0.05, 0) is 31.6 Å². The average molecular weight is 289 g/mol. The molecule has 2 aliphatic carbocycles. The van der Waals surface area contributed by atoms with Gasteiger partial charge in [-0.2, -0.15) is 0 Å². The van der Waals surface area contributed by atoms with E-state index in [1.54, 1.807) is 0 Å². The molecule has 0 radical (unpaired) electrons. The Bertz CT molecular complexity index is 277. The second-order valence-corrected chi connectivity index (χ2v) is 6.21. The third kappa shape index (κ3) is 4.64. The van der Waals surface area contributed by atoms with Gasteiger partial charge in [0.05, 0.1) is 0 Å². The van der Waals surface area contributed by atoms with E-state index in [-0.39, 0.29) is 18.4 Å². The molecule has 19 heavy (non-hydrogen) atoms. The molecule has 0 saturated heterocycles. The van der Waals surface area contributed by atoms with E-state index in [1.165, 1.54) is 44.9 Å². The Labute approximate surface area is 123 Å². The van der Waals surface area contributed by atoms with Gasteiger partial charge in [-0.3, -0.25) is 4.79 Å². The van der Waals surface area contributed by atoms with Crippen molar-refractivity contribution in [2.45, 2.75) is 76.3 Å². The molecule has 0 aromatic heterocycles. The third-order valence-corrected chi connectivity index (χ3v) is 4.92. The summed E-state index contributed by atoms with van der Waals surface area (Å²) >= 11 is 0. The molecule has 2 fully saturated rings. The lowest BCUT2D eigenvalue weighted by molar-refractivity contribution is -0.133. The molecule has 0 unspecified atom stereocenters. The van der Waals surface area contributed by atoms with Gasteiger partial charge < -0.3 is 10.6 Å². The molecule has 112 valence electrons. The molecule has 0 aliphatic heterocycles. The summed E-state index contributed by atoms with van der Waals surface area (Å²) in [6, 6.07) is 0.745. The van der Waals surface area contributed by atoms with E-state index in [9.17, 15) is 4.79 Å². The lowest BCUT2D eigenvalue weighted by atomic mass is 9.98. The van der Waals surface area contributed by atoms with Gasteiger partial charge in [0.25, 0.3) is 0 Å². The van der Waals surface area contributed by atoms with Gasteiger partial charge in [-0.15, -0.1) is 12.4 Å². The van der Waals surface area contributed by atoms with Crippen molar-refractivity contribution in [3.63, 3.8) is 0 Å². The zero-order valence-electron chi connectivity index (χ0n) is 12.1. The molecular formula is C15H29ClN2O. The van der Waals surface area contributed by atoms with E-state index < -0.39 is 0 Å². The van der Waals surface area contributed by atoms with Crippen LogP contribution in [0.25, 0.3) is 0 Å². The average Bonchev–Trinajstić information content (AvgIpc) is 2.63. The topological polar surface area (TPSA) is 46.3 Å². The number of halogens is 1. The first-order valence-electron chi connectivity index (χ1n) is 7.69. The molecule has 3 nitrogen and oxygen atoms in total. The highest BCUT2D eigenvalue weighted by Crippen LogP contribution is 2.28. The van der Waals surface area contributed by atoms with Crippen molar-refractivity contribution in [2.75, 3.05) is 7.05 Å². The molecule has 0 aromatic rings. The van der Waals surface area contributed by atoms with Crippen molar-refractivity contribution in [3.8, 4) is 0 Å². The van der Waals surface area contributed by atoms with E-state index in [1.807, 2.05) is 11.9 Å². The monoisotopic (exact) mass is 288 g/mol. The number of nitrogens with zero attached hydrogens (tertiary/aromatic N) is 1. The quantitative estimate of drug-likeness (QED) is 0.811. The minimum Gasteiger partial charge on any atom is -0.343 e. The van der Waals surface area contributed by atoms with E-state index in [2.05, 4.69) is 0 Å². The maximum atomic E-state index is 12.3. The first kappa shape index (κ1) is 16.8. The third-order valence-electron chi connectivity index (χ3n) is 4.92. The number of carbonyl (C=O) groups excluding carboxylic acids is 1. The number of hydrogen-bond acceptors (Lipinski definition) is 2. The summed E-state index contributed by atoms with van der Waals surface area (Å²) in [6.07, 6.45) is 11.8. The fourth-order valence-electron chi connectivity index (χ4n) is 3.54. The normalized spacial score (nSPS) is 28.5. The SMILES string of the molecule is CN(C(=O)C[C@@H]1CCC[C@H]1N)C1CCCCCC1.Cl. The molecule has 0 bridgehead atoms. The van der Waals surface area contributed by atoms with E-state index >= 15 is 0 Å². The largest absolute Gasteiger partial charge is 0.343 e. The molecule has 2 N–H and O–H groups in total. The number of nitrogens with two attached hydrogens (primary N) is 1. The molecule has 0 aromatic carbocycles. The Morgan fingerprint density at radius 3 is 2.21 bits per heavy atom. The standard InChI is InChI=1S/C15H28N2O.ClH/c1-17(13-8-4-2-3-5-9-13)15(18)11-12-7-6-10-14(12)16;/h12-14H,2-11,16H2,1H3;1H/t12-,14+;/m0./s1. The van der Waals surface area contributed by atoms with Crippen LogP contribution in [0.4, 0.5) is 0 Å². The highest BCUT2D eigenvalue weighted by atomic mass is 35.5. The Balaban J connectivity index is 0.00000180. The van der Waals surface area contributed by atoms with E-state index in [0.29, 0.717) is 24.3 Å². The Kier molecular flexibility index (Phi) is 7.16. The van der Waals surface area contributed by atoms with Crippen LogP contribution in [-0.2, 0) is 4.79 Å². The van der Waals surface area contributed by atoms with Crippen molar-refractivity contribution in [1.82, 2.24) is 4.90 Å². The summed E-state index contributed by atoms with van der Waals surface area (Å²) in [6.45, 7) is 0. The summed E-state index contributed by atoms with van der Waals surface area (Å²) in [5.41, 5.74) is 6.06. The van der Waals surface area contributed by atoms with Crippen molar-refractivity contribution in [3.05, 3.63) is 0 Å². The van der Waals surface area contributed by atoms with E-state index in [0.717, 1.165) is 12.8 Å². The first-order valence-corrected chi connectivity index (χ1v) is 7.69. The van der Waals surface area contributed by atoms with Crippen LogP contribution in [0.3, 0.4) is 0 Å². The lowest BCUT2D eigenvalue weighted by Gasteiger charge is -2.29. The maximum absolute atomic E-state index is 12.3. The lowest BCUT2D eigenvalue weighted by Crippen LogP contribution is -2.39. The molecular weight excluding hydrogens is 260 g/mol. The molecule has 2 aliphatic rings. The molecule has 2 saturated carbocycles. The van der Waals surface area contributed by atoms with Gasteiger partial charge in [0.1, 0.15) is 0 Å². The van der Waals surface area contributed by atoms with Gasteiger partial charge in [-0.25, -0.2) is 0 Å². The van der Waals surface area contributed by atoms with Crippen LogP contribution in [-0.4, -0.2) is 29.9 Å². The fourth-order valence-corrected chi connectivity index (χ4v) is 3.54. The Morgan fingerprint density at radius 1 is 1.05 bits per heavy atom. The minimum atomic E-state index is 0. The van der Waals surface area contributed by atoms with Gasteiger partial charge in [0.15, 0.2) is 0 Å². The fraction of sp³-hybridized carbons (Fsp3) is 0.933. The summed E-state index contributed by atoms with van der Waals surface area (Å²) in [5, 5.41) is 0. The summed E-state index contributed by atoms with van der Waals surface area (Å²) < 4.78 is 0. The number of hydrogen-bond donors (Lipinski definition) is 1. The number of rotatable bonds is 3. The van der Waals surface area contributed by atoms with Crippen molar-refractivity contribution >= 4 is 18.3 Å². The predicted molar refractivity (Wildman–Crippen MR) is 81.4 cm³/mol. The van der Waals surface area contributed by atoms with Gasteiger partial charge in [-0.1, -0.05) is 32.1 Å². The van der Waals surface area contributed by atoms with Crippen LogP contribution in [0.1, 0.15) is 64.2 Å². The van der Waals surface area contributed by atoms with Crippen LogP contribution < -0.4 is 5.73 Å². The molecule has 2 atom stereocenters. The van der Waals surface area contributed by atoms with Crippen molar-refractivity contribution < 1.29 is 4.79 Å². The van der Waals surface area contributed by atoms with Gasteiger partial charge in [0, 0.05) is 25.6 Å². The van der Waals surface area contributed by atoms with E-state index in [4.69, 9.17) is 5.73 Å². The highest BCUT2D eigenvalue weighted by Gasteiger charge is 2.29. The van der Waals surface area contributed by atoms with Crippen molar-refractivity contribution in [1.29, 1.82) is 0 Å². The zero-order chi connectivity index (χ0) is 13.0. The molecule has 0 heterocycles. The smallest absolute Gasteiger partial charge is 0.222 e. The van der Waals surface area contributed by atoms with Crippen LogP contribution in [0.2, 0.25) is 0 Å². The molecule has 4 heteroatoms. The highest BCUT2D eigenvalue weighted by molar-refractivity contribution is 5.85. The molecule has 0 spiro atoms. The van der Waals surface area contributed by atoms with Crippen LogP contribution in [0.15, 0.2) is 0 Å². The van der Waals surface area contributed by atoms with Crippen LogP contribution in [0, 0.1) is 5.92 Å². The predicted octanol–water partition coefficient (Wildman–Crippen LogP) is 3.11. The second-order valence-electron chi connectivity index (χ2n) is 6.21. The molecule has 1 amide bonds. The summed E-state index contributed by atoms with van der Waals surface area (Å²) in [4.78, 5) is 14.4. The van der Waals surface area contributed by atoms with Crippen molar-refractivity contribution in [2.24, 2.45) is 11.7 Å². The minimum absolute atomic E-state index is 0. The van der Waals surface area contributed by atoms with Gasteiger partial charge >= 0.3 is 0 Å². The Morgan fingerprint density at radius 2 is 1.68 bits per heavy atom. The Hall–Kier alpha value is -0.280. The second kappa shape index (κ2) is 8.11. The first-order chi connectivity index (χ1) is 8.68. The number of carbonyl (C=O) groups is 1. The zero-order valence-corrected chi connectivity index (χ0v) is 13.0. The summed E-state index contributed by atoms with van der Waals surface area (Å²) in [7, 11) is 2.00. The van der Waals surface area contributed by atoms with Crippen LogP contribution in [0.5, 0.6) is 0 Å². The maximum Gasteiger partial charge on any atom is 0.222 e. The van der Waals surface area contributed by atoms with Gasteiger partial charge in [0.2, 0.25) is 5.91 Å². The number of amides is 1. The van der Waals surface area contributed by atoms with Crippen LogP contribution >= 0.6 is 12.4 Å². The molecule has 2 rings (SSSR count).